The SMILES string of the molecule is O=C(c1cncc(Br)c1)N1C[C@H](Nc2c(C(=O)N3CCCCC3)cc(Br)cc2[N+](=O)[O-])C(F)(F)C1. The molecule has 1 aromatic carbocycles. The lowest BCUT2D eigenvalue weighted by Gasteiger charge is -2.28. The van der Waals surface area contributed by atoms with Crippen LogP contribution in [0.4, 0.5) is 20.2 Å². The van der Waals surface area contributed by atoms with Gasteiger partial charge in [-0.3, -0.25) is 24.7 Å². The summed E-state index contributed by atoms with van der Waals surface area (Å²) < 4.78 is 30.9. The molecule has 13 heteroatoms. The van der Waals surface area contributed by atoms with Crippen LogP contribution in [0.15, 0.2) is 39.5 Å². The van der Waals surface area contributed by atoms with Crippen molar-refractivity contribution in [3.63, 3.8) is 0 Å². The van der Waals surface area contributed by atoms with E-state index < -0.39 is 47.5 Å². The molecule has 2 amide bonds. The van der Waals surface area contributed by atoms with E-state index in [-0.39, 0.29) is 21.3 Å². The van der Waals surface area contributed by atoms with Gasteiger partial charge in [0, 0.05) is 47.0 Å². The van der Waals surface area contributed by atoms with Crippen LogP contribution in [-0.2, 0) is 0 Å². The summed E-state index contributed by atoms with van der Waals surface area (Å²) in [5.41, 5.74) is -0.718. The summed E-state index contributed by atoms with van der Waals surface area (Å²) in [7, 11) is 0. The molecule has 2 aliphatic rings. The van der Waals surface area contributed by atoms with Crippen LogP contribution < -0.4 is 5.32 Å². The number of alkyl halides is 2. The minimum Gasteiger partial charge on any atom is -0.369 e. The molecular formula is C22H21Br2F2N5O4. The van der Waals surface area contributed by atoms with Gasteiger partial charge in [0.05, 0.1) is 22.6 Å². The molecular weight excluding hydrogens is 596 g/mol. The van der Waals surface area contributed by atoms with E-state index in [1.54, 1.807) is 4.90 Å². The van der Waals surface area contributed by atoms with E-state index in [1.807, 2.05) is 0 Å². The molecule has 2 fully saturated rings. The predicted molar refractivity (Wildman–Crippen MR) is 131 cm³/mol. The van der Waals surface area contributed by atoms with E-state index in [9.17, 15) is 19.7 Å². The van der Waals surface area contributed by atoms with Crippen molar-refractivity contribution < 1.29 is 23.3 Å². The molecule has 0 aliphatic carbocycles. The summed E-state index contributed by atoms with van der Waals surface area (Å²) in [5.74, 6) is -4.51. The van der Waals surface area contributed by atoms with Crippen LogP contribution in [0, 0.1) is 10.1 Å². The zero-order chi connectivity index (χ0) is 25.3. The zero-order valence-corrected chi connectivity index (χ0v) is 21.5. The molecule has 2 aliphatic heterocycles. The molecule has 186 valence electrons. The van der Waals surface area contributed by atoms with Gasteiger partial charge in [0.25, 0.3) is 23.4 Å². The van der Waals surface area contributed by atoms with Gasteiger partial charge in [-0.1, -0.05) is 15.9 Å². The van der Waals surface area contributed by atoms with Crippen molar-refractivity contribution in [1.29, 1.82) is 0 Å². The van der Waals surface area contributed by atoms with Crippen LogP contribution in [-0.4, -0.2) is 69.7 Å². The van der Waals surface area contributed by atoms with E-state index in [1.165, 1.54) is 30.6 Å². The van der Waals surface area contributed by atoms with Gasteiger partial charge in [0.2, 0.25) is 0 Å². The number of benzene rings is 1. The van der Waals surface area contributed by atoms with E-state index in [4.69, 9.17) is 0 Å². The van der Waals surface area contributed by atoms with Crippen molar-refractivity contribution in [3.8, 4) is 0 Å². The molecule has 35 heavy (non-hydrogen) atoms. The fourth-order valence-electron chi connectivity index (χ4n) is 4.30. The Morgan fingerprint density at radius 2 is 1.77 bits per heavy atom. The first kappa shape index (κ1) is 25.4. The number of piperidine rings is 1. The van der Waals surface area contributed by atoms with Crippen molar-refractivity contribution >= 4 is 55.0 Å². The number of hydrogen-bond donors (Lipinski definition) is 1. The maximum atomic E-state index is 15.0. The number of amides is 2. The Labute approximate surface area is 216 Å². The summed E-state index contributed by atoms with van der Waals surface area (Å²) in [6, 6.07) is 2.40. The lowest BCUT2D eigenvalue weighted by Crippen LogP contribution is -2.40. The molecule has 2 saturated heterocycles. The molecule has 0 unspecified atom stereocenters. The number of halogens is 4. The lowest BCUT2D eigenvalue weighted by atomic mass is 10.1. The number of anilines is 1. The fourth-order valence-corrected chi connectivity index (χ4v) is 5.11. The Kier molecular flexibility index (Phi) is 7.36. The highest BCUT2D eigenvalue weighted by Crippen LogP contribution is 2.38. The second kappa shape index (κ2) is 10.1. The van der Waals surface area contributed by atoms with Gasteiger partial charge in [-0.15, -0.1) is 0 Å². The molecule has 0 saturated carbocycles. The monoisotopic (exact) mass is 615 g/mol. The number of nitrogens with zero attached hydrogens (tertiary/aromatic N) is 4. The number of nitro benzene ring substituents is 1. The van der Waals surface area contributed by atoms with Gasteiger partial charge < -0.3 is 15.1 Å². The third kappa shape index (κ3) is 5.45. The largest absolute Gasteiger partial charge is 0.369 e. The highest BCUT2D eigenvalue weighted by atomic mass is 79.9. The summed E-state index contributed by atoms with van der Waals surface area (Å²) in [4.78, 5) is 43.6. The van der Waals surface area contributed by atoms with Gasteiger partial charge in [-0.05, 0) is 47.3 Å². The minimum absolute atomic E-state index is 0.0651. The van der Waals surface area contributed by atoms with Crippen molar-refractivity contribution in [2.45, 2.75) is 31.2 Å². The Hall–Kier alpha value is -2.67. The number of hydrogen-bond acceptors (Lipinski definition) is 6. The first-order valence-electron chi connectivity index (χ1n) is 10.9. The molecule has 9 nitrogen and oxygen atoms in total. The summed E-state index contributed by atoms with van der Waals surface area (Å²) >= 11 is 6.39. The Morgan fingerprint density at radius 3 is 2.43 bits per heavy atom. The molecule has 0 radical (unpaired) electrons. The quantitative estimate of drug-likeness (QED) is 0.385. The number of likely N-dealkylation sites (tertiary alicyclic amines) is 2. The first-order valence-corrected chi connectivity index (χ1v) is 12.5. The number of carbonyl (C=O) groups is 2. The van der Waals surface area contributed by atoms with Gasteiger partial charge >= 0.3 is 0 Å². The molecule has 0 spiro atoms. The maximum Gasteiger partial charge on any atom is 0.294 e. The van der Waals surface area contributed by atoms with Gasteiger partial charge in [0.15, 0.2) is 0 Å². The number of carbonyl (C=O) groups excluding carboxylic acids is 2. The second-order valence-electron chi connectivity index (χ2n) is 8.49. The molecule has 1 atom stereocenters. The number of nitrogens with one attached hydrogen (secondary N) is 1. The summed E-state index contributed by atoms with van der Waals surface area (Å²) in [6.07, 6.45) is 5.31. The van der Waals surface area contributed by atoms with Gasteiger partial charge in [-0.25, -0.2) is 8.78 Å². The van der Waals surface area contributed by atoms with Crippen molar-refractivity contribution in [2.24, 2.45) is 0 Å². The molecule has 4 rings (SSSR count). The molecule has 0 bridgehead atoms. The van der Waals surface area contributed by atoms with Crippen LogP contribution in [0.3, 0.4) is 0 Å². The highest BCUT2D eigenvalue weighted by Gasteiger charge is 2.50. The average molecular weight is 617 g/mol. The van der Waals surface area contributed by atoms with Crippen molar-refractivity contribution in [3.05, 3.63) is 60.8 Å². The Bertz CT molecular complexity index is 1180. The van der Waals surface area contributed by atoms with Crippen molar-refractivity contribution in [1.82, 2.24) is 14.8 Å². The number of rotatable bonds is 5. The summed E-state index contributed by atoms with van der Waals surface area (Å²) in [5, 5.41) is 14.4. The molecule has 1 aromatic heterocycles. The van der Waals surface area contributed by atoms with E-state index in [0.717, 1.165) is 24.2 Å². The van der Waals surface area contributed by atoms with E-state index in [0.29, 0.717) is 17.6 Å². The van der Waals surface area contributed by atoms with Gasteiger partial charge in [-0.2, -0.15) is 0 Å². The third-order valence-electron chi connectivity index (χ3n) is 6.02. The van der Waals surface area contributed by atoms with Crippen molar-refractivity contribution in [2.75, 3.05) is 31.5 Å². The first-order chi connectivity index (χ1) is 16.6. The number of aromatic nitrogens is 1. The highest BCUT2D eigenvalue weighted by molar-refractivity contribution is 9.10. The fraction of sp³-hybridized carbons (Fsp3) is 0.409. The van der Waals surface area contributed by atoms with Crippen LogP contribution >= 0.6 is 31.9 Å². The number of pyridine rings is 1. The normalized spacial score (nSPS) is 19.5. The topological polar surface area (TPSA) is 109 Å². The predicted octanol–water partition coefficient (Wildman–Crippen LogP) is 4.71. The lowest BCUT2D eigenvalue weighted by molar-refractivity contribution is -0.384. The Balaban J connectivity index is 1.66. The smallest absolute Gasteiger partial charge is 0.294 e. The Morgan fingerprint density at radius 1 is 1.06 bits per heavy atom. The van der Waals surface area contributed by atoms with E-state index >= 15 is 8.78 Å². The molecule has 2 aromatic rings. The second-order valence-corrected chi connectivity index (χ2v) is 10.3. The average Bonchev–Trinajstić information content (AvgIpc) is 3.13. The van der Waals surface area contributed by atoms with Crippen LogP contribution in [0.1, 0.15) is 40.0 Å². The zero-order valence-electron chi connectivity index (χ0n) is 18.3. The summed E-state index contributed by atoms with van der Waals surface area (Å²) in [6.45, 7) is -0.319. The van der Waals surface area contributed by atoms with Crippen LogP contribution in [0.25, 0.3) is 0 Å². The molecule has 1 N–H and O–H groups in total. The number of nitro groups is 1. The minimum atomic E-state index is -3.40. The van der Waals surface area contributed by atoms with Crippen LogP contribution in [0.2, 0.25) is 0 Å². The van der Waals surface area contributed by atoms with Crippen LogP contribution in [0.5, 0.6) is 0 Å². The standard InChI is InChI=1S/C22H21Br2F2N5O4/c23-14-7-16(21(33)29-4-2-1-3-5-29)19(17(8-14)31(34)35)28-18-11-30(12-22(18,25)26)20(32)13-6-15(24)10-27-9-13/h6-10,18,28H,1-5,11-12H2/t18-/m0/s1. The van der Waals surface area contributed by atoms with E-state index in [2.05, 4.69) is 42.2 Å². The maximum absolute atomic E-state index is 15.0. The van der Waals surface area contributed by atoms with Gasteiger partial charge in [0.1, 0.15) is 11.7 Å². The molecule has 3 heterocycles. The third-order valence-corrected chi connectivity index (χ3v) is 6.92.